The first kappa shape index (κ1) is 36.5. The minimum atomic E-state index is -1.06. The summed E-state index contributed by atoms with van der Waals surface area (Å²) in [5.74, 6) is -0.191. The van der Waals surface area contributed by atoms with Gasteiger partial charge in [-0.2, -0.15) is 0 Å². The van der Waals surface area contributed by atoms with Gasteiger partial charge in [0.05, 0.1) is 31.3 Å². The fourth-order valence-corrected chi connectivity index (χ4v) is 4.30. The molecule has 0 aromatic heterocycles. The molecule has 0 unspecified atom stereocenters. The fourth-order valence-electron chi connectivity index (χ4n) is 4.30. The summed E-state index contributed by atoms with van der Waals surface area (Å²) in [5, 5.41) is 23.2. The fraction of sp³-hybridized carbons (Fsp3) is 0.742. The lowest BCUT2D eigenvalue weighted by molar-refractivity contribution is -0.142. The molecule has 0 saturated heterocycles. The van der Waals surface area contributed by atoms with Gasteiger partial charge in [-0.25, -0.2) is 4.79 Å². The summed E-state index contributed by atoms with van der Waals surface area (Å²) in [4.78, 5) is 24.1. The van der Waals surface area contributed by atoms with Gasteiger partial charge in [-0.15, -0.1) is 0 Å². The summed E-state index contributed by atoms with van der Waals surface area (Å²) < 4.78 is 27.7. The number of methoxy groups -OCH3 is 2. The van der Waals surface area contributed by atoms with Crippen molar-refractivity contribution in [1.82, 2.24) is 5.32 Å². The van der Waals surface area contributed by atoms with E-state index < -0.39 is 35.7 Å². The standard InChI is InChI=1S/C31H53NO9/c1-21(2)24(20-25(26(33)17-22(3)29(34)35)32-30(36)41-31(4,5)6)18-23-11-12-27(39-15-9-13-37-7)28(19-23)40-16-10-14-38-8/h11-12,19,21-22,24-26,33H,9-10,13-18,20H2,1-8H3,(H,32,36)(H,34,35)/t22-,24+,25+,26+/m1/s1. The molecule has 1 rings (SSSR count). The van der Waals surface area contributed by atoms with E-state index in [1.54, 1.807) is 41.9 Å². The van der Waals surface area contributed by atoms with Crippen molar-refractivity contribution in [2.75, 3.05) is 40.6 Å². The molecule has 236 valence electrons. The minimum Gasteiger partial charge on any atom is -0.490 e. The zero-order valence-corrected chi connectivity index (χ0v) is 26.2. The topological polar surface area (TPSA) is 133 Å². The number of carbonyl (C=O) groups excluding carboxylic acids is 1. The summed E-state index contributed by atoms with van der Waals surface area (Å²) in [6.45, 7) is 13.2. The number of aliphatic hydroxyl groups is 1. The number of alkyl carbamates (subject to hydrolysis) is 1. The van der Waals surface area contributed by atoms with Crippen molar-refractivity contribution in [2.24, 2.45) is 17.8 Å². The predicted octanol–water partition coefficient (Wildman–Crippen LogP) is 5.09. The molecule has 0 saturated carbocycles. The number of amides is 1. The van der Waals surface area contributed by atoms with Crippen LogP contribution in [0.3, 0.4) is 0 Å². The summed E-state index contributed by atoms with van der Waals surface area (Å²) in [7, 11) is 3.31. The van der Waals surface area contributed by atoms with Gasteiger partial charge in [0.15, 0.2) is 11.5 Å². The maximum atomic E-state index is 12.7. The Hall–Kier alpha value is -2.56. The number of hydrogen-bond acceptors (Lipinski definition) is 8. The van der Waals surface area contributed by atoms with Crippen LogP contribution in [0.1, 0.15) is 72.8 Å². The van der Waals surface area contributed by atoms with Crippen molar-refractivity contribution in [1.29, 1.82) is 0 Å². The average molecular weight is 584 g/mol. The van der Waals surface area contributed by atoms with Crippen LogP contribution >= 0.6 is 0 Å². The maximum absolute atomic E-state index is 12.7. The van der Waals surface area contributed by atoms with Gasteiger partial charge in [0, 0.05) is 40.3 Å². The molecule has 0 aliphatic heterocycles. The molecule has 0 aliphatic rings. The van der Waals surface area contributed by atoms with E-state index in [1.807, 2.05) is 18.2 Å². The molecule has 0 bridgehead atoms. The largest absolute Gasteiger partial charge is 0.490 e. The van der Waals surface area contributed by atoms with Crippen molar-refractivity contribution in [3.05, 3.63) is 23.8 Å². The van der Waals surface area contributed by atoms with E-state index in [4.69, 9.17) is 23.7 Å². The van der Waals surface area contributed by atoms with Crippen LogP contribution in [0.25, 0.3) is 0 Å². The smallest absolute Gasteiger partial charge is 0.407 e. The zero-order valence-electron chi connectivity index (χ0n) is 26.2. The zero-order chi connectivity index (χ0) is 31.0. The lowest BCUT2D eigenvalue weighted by Crippen LogP contribution is -2.47. The van der Waals surface area contributed by atoms with Crippen LogP contribution in [0.15, 0.2) is 18.2 Å². The van der Waals surface area contributed by atoms with E-state index in [9.17, 15) is 19.8 Å². The van der Waals surface area contributed by atoms with Crippen LogP contribution in [-0.4, -0.2) is 80.7 Å². The monoisotopic (exact) mass is 583 g/mol. The van der Waals surface area contributed by atoms with Crippen LogP contribution in [-0.2, 0) is 25.4 Å². The molecular formula is C31H53NO9. The highest BCUT2D eigenvalue weighted by Gasteiger charge is 2.31. The summed E-state index contributed by atoms with van der Waals surface area (Å²) >= 11 is 0. The van der Waals surface area contributed by atoms with E-state index in [0.717, 1.165) is 18.4 Å². The molecule has 1 amide bonds. The number of carbonyl (C=O) groups is 2. The first-order chi connectivity index (χ1) is 19.3. The van der Waals surface area contributed by atoms with E-state index in [1.165, 1.54) is 0 Å². The number of nitrogens with one attached hydrogen (secondary N) is 1. The van der Waals surface area contributed by atoms with Gasteiger partial charge in [-0.3, -0.25) is 4.79 Å². The molecule has 4 atom stereocenters. The molecule has 0 aliphatic carbocycles. The van der Waals surface area contributed by atoms with Crippen LogP contribution in [0.4, 0.5) is 4.79 Å². The lowest BCUT2D eigenvalue weighted by Gasteiger charge is -2.32. The van der Waals surface area contributed by atoms with Crippen molar-refractivity contribution in [2.45, 2.75) is 91.4 Å². The number of aliphatic hydroxyl groups excluding tert-OH is 1. The number of aliphatic carboxylic acids is 1. The van der Waals surface area contributed by atoms with Crippen LogP contribution in [0, 0.1) is 17.8 Å². The van der Waals surface area contributed by atoms with Crippen molar-refractivity contribution < 1.29 is 43.5 Å². The van der Waals surface area contributed by atoms with E-state index in [2.05, 4.69) is 19.2 Å². The van der Waals surface area contributed by atoms with E-state index >= 15 is 0 Å². The van der Waals surface area contributed by atoms with Gasteiger partial charge in [-0.1, -0.05) is 26.8 Å². The third-order valence-corrected chi connectivity index (χ3v) is 6.69. The van der Waals surface area contributed by atoms with Crippen LogP contribution < -0.4 is 14.8 Å². The van der Waals surface area contributed by atoms with E-state index in [0.29, 0.717) is 50.8 Å². The number of benzene rings is 1. The highest BCUT2D eigenvalue weighted by Crippen LogP contribution is 2.32. The molecular weight excluding hydrogens is 530 g/mol. The molecule has 0 radical (unpaired) electrons. The van der Waals surface area contributed by atoms with Crippen molar-refractivity contribution >= 4 is 12.1 Å². The molecule has 10 nitrogen and oxygen atoms in total. The predicted molar refractivity (Wildman–Crippen MR) is 158 cm³/mol. The second-order valence-corrected chi connectivity index (χ2v) is 11.9. The minimum absolute atomic E-state index is 0.00911. The lowest BCUT2D eigenvalue weighted by atomic mass is 9.82. The molecule has 41 heavy (non-hydrogen) atoms. The quantitative estimate of drug-likeness (QED) is 0.180. The van der Waals surface area contributed by atoms with Crippen molar-refractivity contribution in [3.8, 4) is 11.5 Å². The number of rotatable bonds is 20. The molecule has 1 aromatic carbocycles. The molecule has 3 N–H and O–H groups in total. The van der Waals surface area contributed by atoms with Gasteiger partial charge in [0.1, 0.15) is 5.60 Å². The van der Waals surface area contributed by atoms with Crippen LogP contribution in [0.5, 0.6) is 11.5 Å². The Kier molecular flexibility index (Phi) is 16.7. The van der Waals surface area contributed by atoms with E-state index in [-0.39, 0.29) is 18.3 Å². The molecule has 0 heterocycles. The third kappa shape index (κ3) is 15.3. The molecule has 0 spiro atoms. The first-order valence-corrected chi connectivity index (χ1v) is 14.5. The van der Waals surface area contributed by atoms with Gasteiger partial charge < -0.3 is 39.2 Å². The van der Waals surface area contributed by atoms with Gasteiger partial charge in [0.2, 0.25) is 0 Å². The highest BCUT2D eigenvalue weighted by molar-refractivity contribution is 5.70. The SMILES string of the molecule is COCCCOc1ccc(C[C@@H](C[C@H](NC(=O)OC(C)(C)C)[C@@H](O)C[C@@H](C)C(=O)O)C(C)C)cc1OCCCOC. The number of hydrogen-bond donors (Lipinski definition) is 3. The summed E-state index contributed by atoms with van der Waals surface area (Å²) in [5.41, 5.74) is 0.317. The number of carboxylic acid groups (broad SMARTS) is 1. The normalized spacial score (nSPS) is 14.7. The molecule has 1 aromatic rings. The summed E-state index contributed by atoms with van der Waals surface area (Å²) in [6, 6.07) is 5.20. The Labute approximate surface area is 246 Å². The summed E-state index contributed by atoms with van der Waals surface area (Å²) in [6.07, 6.45) is 0.892. The Morgan fingerprint density at radius 3 is 2.00 bits per heavy atom. The molecule has 0 fully saturated rings. The van der Waals surface area contributed by atoms with Gasteiger partial charge in [0.25, 0.3) is 0 Å². The van der Waals surface area contributed by atoms with Gasteiger partial charge in [-0.05, 0) is 69.6 Å². The Morgan fingerprint density at radius 1 is 0.902 bits per heavy atom. The second-order valence-electron chi connectivity index (χ2n) is 11.9. The Bertz CT molecular complexity index is 900. The number of ether oxygens (including phenoxy) is 5. The van der Waals surface area contributed by atoms with Crippen LogP contribution in [0.2, 0.25) is 0 Å². The van der Waals surface area contributed by atoms with Gasteiger partial charge >= 0.3 is 12.1 Å². The Balaban J connectivity index is 3.15. The molecule has 10 heteroatoms. The highest BCUT2D eigenvalue weighted by atomic mass is 16.6. The van der Waals surface area contributed by atoms with Crippen molar-refractivity contribution in [3.63, 3.8) is 0 Å². The first-order valence-electron chi connectivity index (χ1n) is 14.5. The number of carboxylic acids is 1. The second kappa shape index (κ2) is 18.8. The third-order valence-electron chi connectivity index (χ3n) is 6.69. The maximum Gasteiger partial charge on any atom is 0.407 e. The average Bonchev–Trinajstić information content (AvgIpc) is 2.87. The Morgan fingerprint density at radius 2 is 1.49 bits per heavy atom.